The third-order valence-electron chi connectivity index (χ3n) is 3.43. The maximum Gasteiger partial charge on any atom is 0.234 e. The van der Waals surface area contributed by atoms with Gasteiger partial charge in [-0.2, -0.15) is 9.61 Å². The van der Waals surface area contributed by atoms with Gasteiger partial charge in [0.25, 0.3) is 0 Å². The standard InChI is InChI=1S/C11H17N5OS/c1-6(7(2)12)10-15-16-9(8-4-3-5-17-8)13-14-11(16)18-10/h6-8H,3-5,12H2,1-2H3. The molecule has 0 aromatic carbocycles. The Labute approximate surface area is 109 Å². The van der Waals surface area contributed by atoms with Gasteiger partial charge < -0.3 is 10.5 Å². The number of ether oxygens (including phenoxy) is 1. The van der Waals surface area contributed by atoms with Crippen molar-refractivity contribution in [2.45, 2.75) is 44.8 Å². The van der Waals surface area contributed by atoms with Gasteiger partial charge in [-0.05, 0) is 19.8 Å². The summed E-state index contributed by atoms with van der Waals surface area (Å²) in [6, 6.07) is 0.0833. The van der Waals surface area contributed by atoms with Crippen molar-refractivity contribution < 1.29 is 4.74 Å². The molecule has 0 radical (unpaired) electrons. The van der Waals surface area contributed by atoms with Crippen LogP contribution in [-0.2, 0) is 4.74 Å². The summed E-state index contributed by atoms with van der Waals surface area (Å²) in [5.74, 6) is 1.05. The molecule has 0 saturated carbocycles. The fourth-order valence-electron chi connectivity index (χ4n) is 2.04. The number of nitrogens with zero attached hydrogens (tertiary/aromatic N) is 4. The van der Waals surface area contributed by atoms with Crippen molar-refractivity contribution in [3.63, 3.8) is 0 Å². The lowest BCUT2D eigenvalue weighted by atomic mass is 10.1. The zero-order valence-corrected chi connectivity index (χ0v) is 11.4. The summed E-state index contributed by atoms with van der Waals surface area (Å²) in [5.41, 5.74) is 5.92. The molecule has 3 unspecified atom stereocenters. The molecule has 2 aromatic rings. The molecule has 0 bridgehead atoms. The van der Waals surface area contributed by atoms with Crippen LogP contribution in [0.5, 0.6) is 0 Å². The van der Waals surface area contributed by atoms with E-state index in [4.69, 9.17) is 10.5 Å². The predicted molar refractivity (Wildman–Crippen MR) is 68.7 cm³/mol. The fourth-order valence-corrected chi connectivity index (χ4v) is 3.05. The third-order valence-corrected chi connectivity index (χ3v) is 4.53. The van der Waals surface area contributed by atoms with E-state index in [2.05, 4.69) is 22.2 Å². The van der Waals surface area contributed by atoms with E-state index in [-0.39, 0.29) is 18.1 Å². The van der Waals surface area contributed by atoms with Gasteiger partial charge in [0.1, 0.15) is 11.1 Å². The van der Waals surface area contributed by atoms with Crippen LogP contribution in [0, 0.1) is 0 Å². The van der Waals surface area contributed by atoms with E-state index in [0.29, 0.717) is 0 Å². The smallest absolute Gasteiger partial charge is 0.234 e. The summed E-state index contributed by atoms with van der Waals surface area (Å²) in [6.45, 7) is 4.88. The van der Waals surface area contributed by atoms with E-state index in [1.54, 1.807) is 11.3 Å². The molecule has 3 heterocycles. The van der Waals surface area contributed by atoms with E-state index < -0.39 is 0 Å². The van der Waals surface area contributed by atoms with Crippen LogP contribution in [0.15, 0.2) is 0 Å². The van der Waals surface area contributed by atoms with Crippen molar-refractivity contribution in [3.8, 4) is 0 Å². The highest BCUT2D eigenvalue weighted by atomic mass is 32.1. The largest absolute Gasteiger partial charge is 0.370 e. The molecule has 0 spiro atoms. The minimum Gasteiger partial charge on any atom is -0.370 e. The second-order valence-corrected chi connectivity index (χ2v) is 5.83. The highest BCUT2D eigenvalue weighted by molar-refractivity contribution is 7.16. The molecule has 7 heteroatoms. The van der Waals surface area contributed by atoms with Gasteiger partial charge >= 0.3 is 0 Å². The molecular weight excluding hydrogens is 250 g/mol. The quantitative estimate of drug-likeness (QED) is 0.911. The van der Waals surface area contributed by atoms with Gasteiger partial charge in [-0.1, -0.05) is 18.3 Å². The van der Waals surface area contributed by atoms with Crippen LogP contribution >= 0.6 is 11.3 Å². The van der Waals surface area contributed by atoms with Crippen LogP contribution in [0.2, 0.25) is 0 Å². The van der Waals surface area contributed by atoms with Crippen molar-refractivity contribution in [3.05, 3.63) is 10.8 Å². The van der Waals surface area contributed by atoms with Crippen LogP contribution in [0.1, 0.15) is 49.5 Å². The molecule has 6 nitrogen and oxygen atoms in total. The van der Waals surface area contributed by atoms with Crippen molar-refractivity contribution in [1.82, 2.24) is 19.8 Å². The maximum absolute atomic E-state index is 5.92. The summed E-state index contributed by atoms with van der Waals surface area (Å²) >= 11 is 1.56. The second kappa shape index (κ2) is 4.56. The Kier molecular flexibility index (Phi) is 3.04. The van der Waals surface area contributed by atoms with E-state index in [0.717, 1.165) is 35.2 Å². The zero-order valence-electron chi connectivity index (χ0n) is 10.5. The van der Waals surface area contributed by atoms with Crippen molar-refractivity contribution in [1.29, 1.82) is 0 Å². The molecule has 18 heavy (non-hydrogen) atoms. The molecule has 98 valence electrons. The topological polar surface area (TPSA) is 78.3 Å². The molecule has 2 aromatic heterocycles. The Hall–Kier alpha value is -1.05. The average molecular weight is 267 g/mol. The SMILES string of the molecule is CC(N)C(C)c1nn2c(C3CCCO3)nnc2s1. The first-order valence-electron chi connectivity index (χ1n) is 6.26. The number of nitrogens with two attached hydrogens (primary N) is 1. The molecule has 0 amide bonds. The Morgan fingerprint density at radius 3 is 2.94 bits per heavy atom. The maximum atomic E-state index is 5.92. The summed E-state index contributed by atoms with van der Waals surface area (Å²) in [7, 11) is 0. The minimum absolute atomic E-state index is 0.0422. The molecular formula is C11H17N5OS. The monoisotopic (exact) mass is 267 g/mol. The highest BCUT2D eigenvalue weighted by Crippen LogP contribution is 2.30. The number of hydrogen-bond acceptors (Lipinski definition) is 6. The van der Waals surface area contributed by atoms with Crippen LogP contribution < -0.4 is 5.73 Å². The Morgan fingerprint density at radius 2 is 2.28 bits per heavy atom. The van der Waals surface area contributed by atoms with E-state index in [1.165, 1.54) is 0 Å². The van der Waals surface area contributed by atoms with Gasteiger partial charge in [0.05, 0.1) is 0 Å². The molecule has 2 N–H and O–H groups in total. The fraction of sp³-hybridized carbons (Fsp3) is 0.727. The molecule has 3 rings (SSSR count). The predicted octanol–water partition coefficient (Wildman–Crippen LogP) is 1.49. The molecule has 3 atom stereocenters. The average Bonchev–Trinajstić information content (AvgIpc) is 3.02. The summed E-state index contributed by atoms with van der Waals surface area (Å²) in [4.78, 5) is 0.822. The first-order chi connectivity index (χ1) is 8.66. The van der Waals surface area contributed by atoms with Crippen molar-refractivity contribution >= 4 is 16.3 Å². The van der Waals surface area contributed by atoms with Crippen molar-refractivity contribution in [2.24, 2.45) is 5.73 Å². The summed E-state index contributed by atoms with van der Waals surface area (Å²) in [5, 5.41) is 14.0. The Morgan fingerprint density at radius 1 is 1.44 bits per heavy atom. The first-order valence-corrected chi connectivity index (χ1v) is 7.07. The normalized spacial score (nSPS) is 23.6. The lowest BCUT2D eigenvalue weighted by Crippen LogP contribution is -2.22. The van der Waals surface area contributed by atoms with Crippen LogP contribution in [0.4, 0.5) is 0 Å². The number of fused-ring (bicyclic) bond motifs is 1. The third kappa shape index (κ3) is 1.92. The summed E-state index contributed by atoms with van der Waals surface area (Å²) in [6.07, 6.45) is 2.11. The number of aromatic nitrogens is 4. The van der Waals surface area contributed by atoms with Crippen LogP contribution in [0.3, 0.4) is 0 Å². The van der Waals surface area contributed by atoms with Crippen molar-refractivity contribution in [2.75, 3.05) is 6.61 Å². The molecule has 1 aliphatic rings. The molecule has 1 aliphatic heterocycles. The lowest BCUT2D eigenvalue weighted by Gasteiger charge is -2.11. The van der Waals surface area contributed by atoms with Crippen LogP contribution in [-0.4, -0.2) is 32.5 Å². The first kappa shape index (κ1) is 12.0. The van der Waals surface area contributed by atoms with Gasteiger partial charge in [-0.15, -0.1) is 10.2 Å². The Balaban J connectivity index is 1.97. The van der Waals surface area contributed by atoms with Gasteiger partial charge in [-0.3, -0.25) is 0 Å². The van der Waals surface area contributed by atoms with Gasteiger partial charge in [-0.25, -0.2) is 0 Å². The van der Waals surface area contributed by atoms with Gasteiger partial charge in [0.2, 0.25) is 4.96 Å². The number of hydrogen-bond donors (Lipinski definition) is 1. The molecule has 1 saturated heterocycles. The number of rotatable bonds is 3. The van der Waals surface area contributed by atoms with E-state index >= 15 is 0 Å². The Bertz CT molecular complexity index is 543. The highest BCUT2D eigenvalue weighted by Gasteiger charge is 2.26. The molecule has 0 aliphatic carbocycles. The summed E-state index contributed by atoms with van der Waals surface area (Å²) < 4.78 is 7.45. The molecule has 1 fully saturated rings. The zero-order chi connectivity index (χ0) is 12.7. The van der Waals surface area contributed by atoms with E-state index in [9.17, 15) is 0 Å². The van der Waals surface area contributed by atoms with Gasteiger partial charge in [0, 0.05) is 18.6 Å². The lowest BCUT2D eigenvalue weighted by molar-refractivity contribution is 0.103. The minimum atomic E-state index is 0.0422. The van der Waals surface area contributed by atoms with Crippen LogP contribution in [0.25, 0.3) is 4.96 Å². The second-order valence-electron chi connectivity index (χ2n) is 4.84. The van der Waals surface area contributed by atoms with E-state index in [1.807, 2.05) is 11.4 Å². The van der Waals surface area contributed by atoms with Gasteiger partial charge in [0.15, 0.2) is 5.82 Å².